The molecule has 6 nitrogen and oxygen atoms in total. The van der Waals surface area contributed by atoms with Crippen LogP contribution in [0.15, 0.2) is 22.5 Å². The molecule has 1 aromatic carbocycles. The molecule has 0 spiro atoms. The van der Waals surface area contributed by atoms with Gasteiger partial charge in [0.05, 0.1) is 28.1 Å². The van der Waals surface area contributed by atoms with E-state index in [0.29, 0.717) is 5.13 Å². The number of primary amides is 1. The minimum atomic E-state index is -0.382. The standard InChI is InChI=1S/C16H16N4O2S3/c1-8-3-4-10-12(5-8)24-15(19-10)20-14(22)7-23-16-18-9(2)11(25-16)6-13(17)21/h3-5H,6-7H2,1-2H3,(H2,17,21)(H,19,20,22). The highest BCUT2D eigenvalue weighted by atomic mass is 32.2. The number of nitrogens with one attached hydrogen (secondary N) is 1. The third kappa shape index (κ3) is 4.56. The monoisotopic (exact) mass is 392 g/mol. The molecule has 0 bridgehead atoms. The molecule has 0 fully saturated rings. The highest BCUT2D eigenvalue weighted by molar-refractivity contribution is 8.01. The smallest absolute Gasteiger partial charge is 0.236 e. The summed E-state index contributed by atoms with van der Waals surface area (Å²) in [7, 11) is 0. The molecule has 3 N–H and O–H groups in total. The van der Waals surface area contributed by atoms with Gasteiger partial charge in [-0.05, 0) is 31.5 Å². The quantitative estimate of drug-likeness (QED) is 0.628. The summed E-state index contributed by atoms with van der Waals surface area (Å²) in [5, 5.41) is 3.42. The Morgan fingerprint density at radius 1 is 1.24 bits per heavy atom. The molecule has 0 saturated heterocycles. The molecule has 0 aliphatic heterocycles. The van der Waals surface area contributed by atoms with E-state index in [2.05, 4.69) is 21.4 Å². The summed E-state index contributed by atoms with van der Waals surface area (Å²) in [6, 6.07) is 6.00. The molecule has 25 heavy (non-hydrogen) atoms. The lowest BCUT2D eigenvalue weighted by atomic mass is 10.2. The minimum Gasteiger partial charge on any atom is -0.369 e. The Bertz CT molecular complexity index is 948. The van der Waals surface area contributed by atoms with Crippen LogP contribution in [0.4, 0.5) is 5.13 Å². The Hall–Kier alpha value is -1.97. The number of fused-ring (bicyclic) bond motifs is 1. The summed E-state index contributed by atoms with van der Waals surface area (Å²) in [5.74, 6) is -0.282. The second-order valence-corrected chi connectivity index (χ2v) is 8.80. The zero-order chi connectivity index (χ0) is 18.0. The van der Waals surface area contributed by atoms with Gasteiger partial charge >= 0.3 is 0 Å². The summed E-state index contributed by atoms with van der Waals surface area (Å²) in [5.41, 5.74) is 8.04. The number of hydrogen-bond acceptors (Lipinski definition) is 7. The molecule has 0 aliphatic carbocycles. The van der Waals surface area contributed by atoms with Crippen molar-refractivity contribution in [2.75, 3.05) is 11.1 Å². The number of benzene rings is 1. The molecular weight excluding hydrogens is 376 g/mol. The molecule has 0 unspecified atom stereocenters. The first-order valence-electron chi connectivity index (χ1n) is 7.45. The third-order valence-corrected chi connectivity index (χ3v) is 6.56. The van der Waals surface area contributed by atoms with E-state index < -0.39 is 0 Å². The maximum atomic E-state index is 12.1. The van der Waals surface area contributed by atoms with Gasteiger partial charge in [-0.25, -0.2) is 9.97 Å². The summed E-state index contributed by atoms with van der Waals surface area (Å²) in [6.45, 7) is 3.86. The van der Waals surface area contributed by atoms with Crippen LogP contribution >= 0.6 is 34.4 Å². The van der Waals surface area contributed by atoms with Crippen molar-refractivity contribution in [3.63, 3.8) is 0 Å². The summed E-state index contributed by atoms with van der Waals surface area (Å²) < 4.78 is 1.80. The Morgan fingerprint density at radius 3 is 2.80 bits per heavy atom. The van der Waals surface area contributed by atoms with Gasteiger partial charge in [0.2, 0.25) is 11.8 Å². The average Bonchev–Trinajstić information content (AvgIpc) is 3.07. The highest BCUT2D eigenvalue weighted by Crippen LogP contribution is 2.29. The van der Waals surface area contributed by atoms with Crippen molar-refractivity contribution in [1.29, 1.82) is 0 Å². The second-order valence-electron chi connectivity index (χ2n) is 5.46. The van der Waals surface area contributed by atoms with Gasteiger partial charge in [0.25, 0.3) is 0 Å². The normalized spacial score (nSPS) is 11.0. The molecule has 0 saturated carbocycles. The van der Waals surface area contributed by atoms with Crippen molar-refractivity contribution in [2.24, 2.45) is 5.73 Å². The van der Waals surface area contributed by atoms with Gasteiger partial charge < -0.3 is 11.1 Å². The third-order valence-electron chi connectivity index (χ3n) is 3.32. The number of carbonyl (C=O) groups excluding carboxylic acids is 2. The number of aromatic nitrogens is 2. The topological polar surface area (TPSA) is 98.0 Å². The fourth-order valence-corrected chi connectivity index (χ4v) is 5.18. The molecule has 0 aliphatic rings. The van der Waals surface area contributed by atoms with Crippen molar-refractivity contribution in [2.45, 2.75) is 24.6 Å². The van der Waals surface area contributed by atoms with Gasteiger partial charge in [-0.15, -0.1) is 11.3 Å². The van der Waals surface area contributed by atoms with Crippen LogP contribution in [0.5, 0.6) is 0 Å². The first kappa shape index (κ1) is 17.8. The number of nitrogens with zero attached hydrogens (tertiary/aromatic N) is 2. The maximum absolute atomic E-state index is 12.1. The van der Waals surface area contributed by atoms with Crippen LogP contribution in [-0.2, 0) is 16.0 Å². The van der Waals surface area contributed by atoms with Crippen LogP contribution in [0.2, 0.25) is 0 Å². The largest absolute Gasteiger partial charge is 0.369 e. The highest BCUT2D eigenvalue weighted by Gasteiger charge is 2.13. The van der Waals surface area contributed by atoms with Gasteiger partial charge in [-0.1, -0.05) is 29.2 Å². The number of hydrogen-bond donors (Lipinski definition) is 2. The van der Waals surface area contributed by atoms with Gasteiger partial charge in [-0.3, -0.25) is 9.59 Å². The Morgan fingerprint density at radius 2 is 2.04 bits per heavy atom. The van der Waals surface area contributed by atoms with Crippen molar-refractivity contribution in [1.82, 2.24) is 9.97 Å². The van der Waals surface area contributed by atoms with E-state index >= 15 is 0 Å². The van der Waals surface area contributed by atoms with Gasteiger partial charge in [0.1, 0.15) is 0 Å². The van der Waals surface area contributed by atoms with Crippen molar-refractivity contribution in [3.8, 4) is 0 Å². The molecule has 3 aromatic rings. The molecule has 3 rings (SSSR count). The van der Waals surface area contributed by atoms with E-state index in [1.165, 1.54) is 34.4 Å². The summed E-state index contributed by atoms with van der Waals surface area (Å²) in [6.07, 6.45) is 0.182. The number of nitrogens with two attached hydrogens (primary N) is 1. The zero-order valence-electron chi connectivity index (χ0n) is 13.7. The number of anilines is 1. The Kier molecular flexibility index (Phi) is 5.36. The summed E-state index contributed by atoms with van der Waals surface area (Å²) in [4.78, 5) is 32.8. The minimum absolute atomic E-state index is 0.134. The van der Waals surface area contributed by atoms with Crippen LogP contribution in [0.1, 0.15) is 16.1 Å². The average molecular weight is 393 g/mol. The van der Waals surface area contributed by atoms with Crippen LogP contribution in [0.25, 0.3) is 10.2 Å². The number of thioether (sulfide) groups is 1. The van der Waals surface area contributed by atoms with E-state index in [-0.39, 0.29) is 24.0 Å². The van der Waals surface area contributed by atoms with Gasteiger partial charge in [0.15, 0.2) is 9.47 Å². The summed E-state index contributed by atoms with van der Waals surface area (Å²) >= 11 is 4.20. The number of aryl methyl sites for hydroxylation is 2. The van der Waals surface area contributed by atoms with Crippen molar-refractivity contribution >= 4 is 61.6 Å². The lowest BCUT2D eigenvalue weighted by Crippen LogP contribution is -2.13. The maximum Gasteiger partial charge on any atom is 0.236 e. The van der Waals surface area contributed by atoms with Gasteiger partial charge in [0, 0.05) is 4.88 Å². The first-order chi connectivity index (χ1) is 11.9. The molecule has 0 radical (unpaired) electrons. The van der Waals surface area contributed by atoms with Crippen molar-refractivity contribution in [3.05, 3.63) is 34.3 Å². The molecule has 2 aromatic heterocycles. The number of carbonyl (C=O) groups is 2. The Labute approximate surface area is 156 Å². The SMILES string of the molecule is Cc1ccc2nc(NC(=O)CSc3nc(C)c(CC(N)=O)s3)sc2c1. The van der Waals surface area contributed by atoms with E-state index in [4.69, 9.17) is 5.73 Å². The van der Waals surface area contributed by atoms with E-state index in [0.717, 1.165) is 30.7 Å². The first-order valence-corrected chi connectivity index (χ1v) is 10.1. The second kappa shape index (κ2) is 7.51. The molecule has 0 atom stereocenters. The van der Waals surface area contributed by atoms with Crippen LogP contribution < -0.4 is 11.1 Å². The zero-order valence-corrected chi connectivity index (χ0v) is 16.1. The molecule has 130 valence electrons. The van der Waals surface area contributed by atoms with E-state index in [9.17, 15) is 9.59 Å². The van der Waals surface area contributed by atoms with Gasteiger partial charge in [-0.2, -0.15) is 0 Å². The molecular formula is C16H16N4O2S3. The number of thiazole rings is 2. The van der Waals surface area contributed by atoms with E-state index in [1.54, 1.807) is 0 Å². The molecule has 2 amide bonds. The van der Waals surface area contributed by atoms with Crippen molar-refractivity contribution < 1.29 is 9.59 Å². The van der Waals surface area contributed by atoms with Crippen LogP contribution in [0.3, 0.4) is 0 Å². The number of rotatable bonds is 6. The van der Waals surface area contributed by atoms with Crippen LogP contribution in [0, 0.1) is 13.8 Å². The molecule has 2 heterocycles. The fourth-order valence-electron chi connectivity index (χ4n) is 2.15. The predicted octanol–water partition coefficient (Wildman–Crippen LogP) is 3.13. The fraction of sp³-hybridized carbons (Fsp3) is 0.250. The Balaban J connectivity index is 1.59. The van der Waals surface area contributed by atoms with Crippen LogP contribution in [-0.4, -0.2) is 27.5 Å². The number of amides is 2. The predicted molar refractivity (Wildman–Crippen MR) is 103 cm³/mol. The molecule has 9 heteroatoms. The van der Waals surface area contributed by atoms with E-state index in [1.807, 2.05) is 26.0 Å². The lowest BCUT2D eigenvalue weighted by molar-refractivity contribution is -0.117. The lowest BCUT2D eigenvalue weighted by Gasteiger charge is -1.99.